The summed E-state index contributed by atoms with van der Waals surface area (Å²) in [6, 6.07) is 8.47. The molecule has 3 nitrogen and oxygen atoms in total. The predicted molar refractivity (Wildman–Crippen MR) is 76.1 cm³/mol. The Hall–Kier alpha value is -1.48. The van der Waals surface area contributed by atoms with Crippen molar-refractivity contribution in [1.29, 1.82) is 0 Å². The van der Waals surface area contributed by atoms with Crippen molar-refractivity contribution in [2.75, 3.05) is 5.32 Å². The number of nitrogens with one attached hydrogen (secondary N) is 1. The van der Waals surface area contributed by atoms with E-state index in [1.807, 2.05) is 35.3 Å². The minimum absolute atomic E-state index is 0.202. The average Bonchev–Trinajstić information content (AvgIpc) is 2.77. The molecule has 0 aliphatic carbocycles. The molecular formula is C14H18ClN3. The fraction of sp³-hybridized carbons (Fsp3) is 0.357. The summed E-state index contributed by atoms with van der Waals surface area (Å²) in [5.74, 6) is 0. The van der Waals surface area contributed by atoms with Crippen molar-refractivity contribution in [3.8, 4) is 0 Å². The molecule has 0 amide bonds. The quantitative estimate of drug-likeness (QED) is 0.892. The molecule has 0 saturated heterocycles. The highest BCUT2D eigenvalue weighted by Gasteiger charge is 2.08. The second kappa shape index (κ2) is 5.44. The fourth-order valence-corrected chi connectivity index (χ4v) is 2.00. The van der Waals surface area contributed by atoms with E-state index >= 15 is 0 Å². The summed E-state index contributed by atoms with van der Waals surface area (Å²) in [5.41, 5.74) is 2.19. The van der Waals surface area contributed by atoms with Crippen LogP contribution in [0.15, 0.2) is 36.7 Å². The first-order chi connectivity index (χ1) is 8.56. The van der Waals surface area contributed by atoms with Crippen molar-refractivity contribution in [2.45, 2.75) is 32.9 Å². The molecule has 0 saturated carbocycles. The van der Waals surface area contributed by atoms with E-state index in [1.165, 1.54) is 5.56 Å². The standard InChI is InChI=1S/C14H18ClN3/c1-10(2)18-9-14(8-16-18)17-11(3)12-5-4-6-13(15)7-12/h4-11,17H,1-3H3. The van der Waals surface area contributed by atoms with Gasteiger partial charge in [0.2, 0.25) is 0 Å². The molecule has 0 bridgehead atoms. The van der Waals surface area contributed by atoms with Crippen molar-refractivity contribution >= 4 is 17.3 Å². The molecule has 1 N–H and O–H groups in total. The summed E-state index contributed by atoms with van der Waals surface area (Å²) in [4.78, 5) is 0. The molecule has 1 aromatic carbocycles. The van der Waals surface area contributed by atoms with E-state index in [1.54, 1.807) is 0 Å². The third-order valence-corrected chi connectivity index (χ3v) is 3.10. The molecular weight excluding hydrogens is 246 g/mol. The van der Waals surface area contributed by atoms with E-state index in [2.05, 4.69) is 37.3 Å². The monoisotopic (exact) mass is 263 g/mol. The zero-order chi connectivity index (χ0) is 13.1. The highest BCUT2D eigenvalue weighted by Crippen LogP contribution is 2.22. The largest absolute Gasteiger partial charge is 0.376 e. The highest BCUT2D eigenvalue weighted by atomic mass is 35.5. The van der Waals surface area contributed by atoms with Crippen molar-refractivity contribution in [3.63, 3.8) is 0 Å². The van der Waals surface area contributed by atoms with Crippen LogP contribution >= 0.6 is 11.6 Å². The van der Waals surface area contributed by atoms with E-state index in [4.69, 9.17) is 11.6 Å². The molecule has 0 aliphatic heterocycles. The lowest BCUT2D eigenvalue weighted by Gasteiger charge is -2.14. The zero-order valence-electron chi connectivity index (χ0n) is 10.9. The summed E-state index contributed by atoms with van der Waals surface area (Å²) >= 11 is 5.99. The van der Waals surface area contributed by atoms with Crippen molar-refractivity contribution in [3.05, 3.63) is 47.2 Å². The molecule has 1 atom stereocenters. The Balaban J connectivity index is 2.08. The number of hydrogen-bond acceptors (Lipinski definition) is 2. The number of nitrogens with zero attached hydrogens (tertiary/aromatic N) is 2. The molecule has 0 radical (unpaired) electrons. The van der Waals surface area contributed by atoms with Crippen LogP contribution in [0.1, 0.15) is 38.4 Å². The number of anilines is 1. The van der Waals surface area contributed by atoms with Crippen LogP contribution in [0.5, 0.6) is 0 Å². The van der Waals surface area contributed by atoms with Gasteiger partial charge in [0.05, 0.1) is 11.9 Å². The predicted octanol–water partition coefficient (Wildman–Crippen LogP) is 4.29. The highest BCUT2D eigenvalue weighted by molar-refractivity contribution is 6.30. The maximum absolute atomic E-state index is 5.99. The lowest BCUT2D eigenvalue weighted by molar-refractivity contribution is 0.532. The van der Waals surface area contributed by atoms with E-state index < -0.39 is 0 Å². The van der Waals surface area contributed by atoms with Gasteiger partial charge in [-0.3, -0.25) is 4.68 Å². The smallest absolute Gasteiger partial charge is 0.0731 e. The average molecular weight is 264 g/mol. The SMILES string of the molecule is CC(Nc1cnn(C(C)C)c1)c1cccc(Cl)c1. The number of halogens is 1. The molecule has 1 unspecified atom stereocenters. The van der Waals surface area contributed by atoms with Gasteiger partial charge in [-0.15, -0.1) is 0 Å². The van der Waals surface area contributed by atoms with Crippen LogP contribution in [0, 0.1) is 0 Å². The molecule has 1 heterocycles. The normalized spacial score (nSPS) is 12.7. The first-order valence-electron chi connectivity index (χ1n) is 6.12. The van der Waals surface area contributed by atoms with Crippen LogP contribution in [0.2, 0.25) is 5.02 Å². The summed E-state index contributed by atoms with van der Waals surface area (Å²) in [7, 11) is 0. The Morgan fingerprint density at radius 1 is 1.28 bits per heavy atom. The fourth-order valence-electron chi connectivity index (χ4n) is 1.80. The van der Waals surface area contributed by atoms with Gasteiger partial charge in [-0.25, -0.2) is 0 Å². The van der Waals surface area contributed by atoms with Gasteiger partial charge in [-0.05, 0) is 38.5 Å². The van der Waals surface area contributed by atoms with Gasteiger partial charge in [0.15, 0.2) is 0 Å². The van der Waals surface area contributed by atoms with Crippen LogP contribution in [0.3, 0.4) is 0 Å². The van der Waals surface area contributed by atoms with Crippen molar-refractivity contribution in [2.24, 2.45) is 0 Å². The van der Waals surface area contributed by atoms with Crippen LogP contribution in [-0.2, 0) is 0 Å². The van der Waals surface area contributed by atoms with E-state index in [0.29, 0.717) is 6.04 Å². The van der Waals surface area contributed by atoms with E-state index in [-0.39, 0.29) is 6.04 Å². The van der Waals surface area contributed by atoms with E-state index in [9.17, 15) is 0 Å². The van der Waals surface area contributed by atoms with E-state index in [0.717, 1.165) is 10.7 Å². The van der Waals surface area contributed by atoms with Crippen LogP contribution in [-0.4, -0.2) is 9.78 Å². The van der Waals surface area contributed by atoms with Gasteiger partial charge in [0.25, 0.3) is 0 Å². The second-order valence-corrected chi connectivity index (χ2v) is 5.16. The first kappa shape index (κ1) is 13.0. The third-order valence-electron chi connectivity index (χ3n) is 2.86. The Kier molecular flexibility index (Phi) is 3.92. The Labute approximate surface area is 113 Å². The topological polar surface area (TPSA) is 29.9 Å². The Morgan fingerprint density at radius 2 is 2.06 bits per heavy atom. The van der Waals surface area contributed by atoms with Crippen LogP contribution < -0.4 is 5.32 Å². The van der Waals surface area contributed by atoms with Gasteiger partial charge >= 0.3 is 0 Å². The minimum Gasteiger partial charge on any atom is -0.376 e. The van der Waals surface area contributed by atoms with Gasteiger partial charge in [-0.1, -0.05) is 23.7 Å². The molecule has 2 rings (SSSR count). The summed E-state index contributed by atoms with van der Waals surface area (Å²) in [6.45, 7) is 6.33. The van der Waals surface area contributed by atoms with Crippen molar-refractivity contribution < 1.29 is 0 Å². The maximum Gasteiger partial charge on any atom is 0.0731 e. The first-order valence-corrected chi connectivity index (χ1v) is 6.50. The zero-order valence-corrected chi connectivity index (χ0v) is 11.6. The molecule has 0 aliphatic rings. The van der Waals surface area contributed by atoms with Gasteiger partial charge in [0, 0.05) is 23.3 Å². The van der Waals surface area contributed by atoms with Crippen LogP contribution in [0.4, 0.5) is 5.69 Å². The lowest BCUT2D eigenvalue weighted by atomic mass is 10.1. The van der Waals surface area contributed by atoms with Crippen molar-refractivity contribution in [1.82, 2.24) is 9.78 Å². The van der Waals surface area contributed by atoms with Gasteiger partial charge in [-0.2, -0.15) is 5.10 Å². The molecule has 0 spiro atoms. The number of rotatable bonds is 4. The van der Waals surface area contributed by atoms with Gasteiger partial charge < -0.3 is 5.32 Å². The summed E-state index contributed by atoms with van der Waals surface area (Å²) in [6.07, 6.45) is 3.87. The Morgan fingerprint density at radius 3 is 2.67 bits per heavy atom. The molecule has 1 aromatic heterocycles. The maximum atomic E-state index is 5.99. The molecule has 0 fully saturated rings. The number of aromatic nitrogens is 2. The van der Waals surface area contributed by atoms with Gasteiger partial charge in [0.1, 0.15) is 0 Å². The molecule has 18 heavy (non-hydrogen) atoms. The summed E-state index contributed by atoms with van der Waals surface area (Å²) < 4.78 is 1.94. The third kappa shape index (κ3) is 3.05. The Bertz CT molecular complexity index is 519. The second-order valence-electron chi connectivity index (χ2n) is 4.72. The minimum atomic E-state index is 0.202. The molecule has 96 valence electrons. The van der Waals surface area contributed by atoms with Crippen LogP contribution in [0.25, 0.3) is 0 Å². The number of benzene rings is 1. The lowest BCUT2D eigenvalue weighted by Crippen LogP contribution is -2.06. The number of hydrogen-bond donors (Lipinski definition) is 1. The molecule has 2 aromatic rings. The summed E-state index contributed by atoms with van der Waals surface area (Å²) in [5, 5.41) is 8.49. The molecule has 4 heteroatoms.